The van der Waals surface area contributed by atoms with Crippen molar-refractivity contribution in [3.05, 3.63) is 59.2 Å². The van der Waals surface area contributed by atoms with E-state index in [-0.39, 0.29) is 0 Å². The highest BCUT2D eigenvalue weighted by Gasteiger charge is 2.17. The zero-order chi connectivity index (χ0) is 22.1. The Labute approximate surface area is 174 Å². The highest BCUT2D eigenvalue weighted by atomic mass is 16.5. The van der Waals surface area contributed by atoms with Gasteiger partial charge in [0.05, 0.1) is 34.5 Å². The average molecular weight is 410 g/mol. The van der Waals surface area contributed by atoms with Crippen LogP contribution in [0.15, 0.2) is 42.5 Å². The Kier molecular flexibility index (Phi) is 7.85. The Morgan fingerprint density at radius 2 is 1.60 bits per heavy atom. The standard InChI is InChI=1S/C22H22N2O6/c1-27-18-7-5-14(11-15(18)6-8-21(25)24-26)17(9-10-23)16-12-19(28-2)22(30-4)20(13-16)29-3/h5-9,11-13,26H,1-4H3,(H,24,25)/b8-6+,17-9?. The molecule has 2 aromatic rings. The Balaban J connectivity index is 2.65. The molecule has 8 nitrogen and oxygen atoms in total. The first kappa shape index (κ1) is 22.3. The van der Waals surface area contributed by atoms with Crippen molar-refractivity contribution in [2.24, 2.45) is 0 Å². The second kappa shape index (κ2) is 10.5. The lowest BCUT2D eigenvalue weighted by Gasteiger charge is -2.16. The summed E-state index contributed by atoms with van der Waals surface area (Å²) < 4.78 is 21.5. The smallest absolute Gasteiger partial charge is 0.267 e. The van der Waals surface area contributed by atoms with Gasteiger partial charge >= 0.3 is 0 Å². The number of benzene rings is 2. The molecule has 0 fully saturated rings. The summed E-state index contributed by atoms with van der Waals surface area (Å²) in [6, 6.07) is 10.8. The van der Waals surface area contributed by atoms with Crippen molar-refractivity contribution in [1.29, 1.82) is 5.26 Å². The zero-order valence-corrected chi connectivity index (χ0v) is 17.1. The fraction of sp³-hybridized carbons (Fsp3) is 0.182. The molecule has 0 atom stereocenters. The van der Waals surface area contributed by atoms with Gasteiger partial charge < -0.3 is 18.9 Å². The molecule has 0 radical (unpaired) electrons. The summed E-state index contributed by atoms with van der Waals surface area (Å²) in [6.45, 7) is 0. The number of nitrogens with zero attached hydrogens (tertiary/aromatic N) is 1. The van der Waals surface area contributed by atoms with Crippen LogP contribution in [0, 0.1) is 11.3 Å². The van der Waals surface area contributed by atoms with Crippen molar-refractivity contribution < 1.29 is 28.9 Å². The average Bonchev–Trinajstić information content (AvgIpc) is 2.79. The minimum atomic E-state index is -0.681. The maximum atomic E-state index is 11.3. The van der Waals surface area contributed by atoms with Crippen LogP contribution in [0.4, 0.5) is 0 Å². The molecular formula is C22H22N2O6. The first-order valence-electron chi connectivity index (χ1n) is 8.73. The zero-order valence-electron chi connectivity index (χ0n) is 17.1. The summed E-state index contributed by atoms with van der Waals surface area (Å²) in [7, 11) is 6.04. The number of hydrogen-bond acceptors (Lipinski definition) is 7. The number of methoxy groups -OCH3 is 4. The SMILES string of the molecule is COc1ccc(C(=CC#N)c2cc(OC)c(OC)c(OC)c2)cc1/C=C/C(=O)NO. The molecule has 30 heavy (non-hydrogen) atoms. The van der Waals surface area contributed by atoms with E-state index in [1.807, 2.05) is 0 Å². The van der Waals surface area contributed by atoms with Crippen LogP contribution in [-0.4, -0.2) is 39.6 Å². The van der Waals surface area contributed by atoms with Gasteiger partial charge in [-0.1, -0.05) is 6.07 Å². The van der Waals surface area contributed by atoms with E-state index in [0.717, 1.165) is 6.08 Å². The molecule has 0 saturated carbocycles. The van der Waals surface area contributed by atoms with Gasteiger partial charge in [-0.3, -0.25) is 10.0 Å². The fourth-order valence-corrected chi connectivity index (χ4v) is 2.87. The number of allylic oxidation sites excluding steroid dienone is 1. The number of ether oxygens (including phenoxy) is 4. The van der Waals surface area contributed by atoms with E-state index in [9.17, 15) is 10.1 Å². The lowest BCUT2D eigenvalue weighted by atomic mass is 9.95. The Bertz CT molecular complexity index is 996. The van der Waals surface area contributed by atoms with Crippen LogP contribution >= 0.6 is 0 Å². The van der Waals surface area contributed by atoms with Gasteiger partial charge in [0.1, 0.15) is 5.75 Å². The van der Waals surface area contributed by atoms with E-state index in [2.05, 4.69) is 6.07 Å². The normalized spacial score (nSPS) is 11.0. The van der Waals surface area contributed by atoms with Gasteiger partial charge in [-0.25, -0.2) is 5.48 Å². The molecule has 0 bridgehead atoms. The first-order chi connectivity index (χ1) is 14.5. The third-order valence-electron chi connectivity index (χ3n) is 4.25. The molecule has 1 amide bonds. The van der Waals surface area contributed by atoms with Gasteiger partial charge in [-0.05, 0) is 47.0 Å². The molecular weight excluding hydrogens is 388 g/mol. The molecule has 156 valence electrons. The summed E-state index contributed by atoms with van der Waals surface area (Å²) in [6.07, 6.45) is 4.05. The summed E-state index contributed by atoms with van der Waals surface area (Å²) in [5.74, 6) is 1.17. The van der Waals surface area contributed by atoms with Crippen molar-refractivity contribution in [3.63, 3.8) is 0 Å². The van der Waals surface area contributed by atoms with Gasteiger partial charge in [0.2, 0.25) is 5.75 Å². The van der Waals surface area contributed by atoms with Crippen molar-refractivity contribution in [2.45, 2.75) is 0 Å². The number of amides is 1. The highest BCUT2D eigenvalue weighted by Crippen LogP contribution is 2.41. The van der Waals surface area contributed by atoms with E-state index in [4.69, 9.17) is 24.2 Å². The molecule has 0 aromatic heterocycles. The molecule has 0 saturated heterocycles. The molecule has 0 unspecified atom stereocenters. The quantitative estimate of drug-likeness (QED) is 0.298. The van der Waals surface area contributed by atoms with Gasteiger partial charge in [0, 0.05) is 17.7 Å². The molecule has 0 heterocycles. The minimum Gasteiger partial charge on any atom is -0.496 e. The topological polar surface area (TPSA) is 110 Å². The summed E-state index contributed by atoms with van der Waals surface area (Å²) in [5, 5.41) is 18.0. The van der Waals surface area contributed by atoms with Crippen molar-refractivity contribution >= 4 is 17.6 Å². The molecule has 2 rings (SSSR count). The molecule has 2 aromatic carbocycles. The molecule has 2 N–H and O–H groups in total. The Hall–Kier alpha value is -3.96. The van der Waals surface area contributed by atoms with Gasteiger partial charge in [-0.2, -0.15) is 5.26 Å². The monoisotopic (exact) mass is 410 g/mol. The Morgan fingerprint density at radius 1 is 0.967 bits per heavy atom. The number of rotatable bonds is 8. The number of nitrogens with one attached hydrogen (secondary N) is 1. The largest absolute Gasteiger partial charge is 0.496 e. The lowest BCUT2D eigenvalue weighted by Crippen LogP contribution is -2.14. The Morgan fingerprint density at radius 3 is 2.10 bits per heavy atom. The number of hydroxylamine groups is 1. The third kappa shape index (κ3) is 4.90. The van der Waals surface area contributed by atoms with E-state index >= 15 is 0 Å². The van der Waals surface area contributed by atoms with E-state index < -0.39 is 5.91 Å². The van der Waals surface area contributed by atoms with Crippen LogP contribution < -0.4 is 24.4 Å². The summed E-state index contributed by atoms with van der Waals surface area (Å²) in [4.78, 5) is 11.3. The van der Waals surface area contributed by atoms with Crippen LogP contribution in [0.3, 0.4) is 0 Å². The molecule has 0 aliphatic heterocycles. The summed E-state index contributed by atoms with van der Waals surface area (Å²) in [5.41, 5.74) is 4.06. The minimum absolute atomic E-state index is 0.438. The van der Waals surface area contributed by atoms with E-state index in [0.29, 0.717) is 45.3 Å². The van der Waals surface area contributed by atoms with Gasteiger partial charge in [0.15, 0.2) is 11.5 Å². The van der Waals surface area contributed by atoms with Crippen molar-refractivity contribution in [1.82, 2.24) is 5.48 Å². The second-order valence-electron chi connectivity index (χ2n) is 5.87. The summed E-state index contributed by atoms with van der Waals surface area (Å²) >= 11 is 0. The van der Waals surface area contributed by atoms with Gasteiger partial charge in [0.25, 0.3) is 5.91 Å². The predicted octanol–water partition coefficient (Wildman–Crippen LogP) is 3.19. The number of carbonyl (C=O) groups is 1. The lowest BCUT2D eigenvalue weighted by molar-refractivity contribution is -0.124. The number of carbonyl (C=O) groups excluding carboxylic acids is 1. The first-order valence-corrected chi connectivity index (χ1v) is 8.73. The number of nitriles is 1. The van der Waals surface area contributed by atoms with E-state index in [1.54, 1.807) is 30.3 Å². The van der Waals surface area contributed by atoms with Crippen molar-refractivity contribution in [2.75, 3.05) is 28.4 Å². The van der Waals surface area contributed by atoms with Crippen LogP contribution in [0.5, 0.6) is 23.0 Å². The molecule has 0 spiro atoms. The van der Waals surface area contributed by atoms with Crippen LogP contribution in [0.2, 0.25) is 0 Å². The molecule has 0 aliphatic carbocycles. The predicted molar refractivity (Wildman–Crippen MR) is 111 cm³/mol. The van der Waals surface area contributed by atoms with Crippen molar-refractivity contribution in [3.8, 4) is 29.1 Å². The molecule has 8 heteroatoms. The van der Waals surface area contributed by atoms with Crippen LogP contribution in [0.25, 0.3) is 11.6 Å². The van der Waals surface area contributed by atoms with Crippen LogP contribution in [0.1, 0.15) is 16.7 Å². The third-order valence-corrected chi connectivity index (χ3v) is 4.25. The second-order valence-corrected chi connectivity index (χ2v) is 5.87. The highest BCUT2D eigenvalue weighted by molar-refractivity contribution is 5.92. The number of hydrogen-bond donors (Lipinski definition) is 2. The van der Waals surface area contributed by atoms with Gasteiger partial charge in [-0.15, -0.1) is 0 Å². The van der Waals surface area contributed by atoms with E-state index in [1.165, 1.54) is 46.1 Å². The maximum Gasteiger partial charge on any atom is 0.267 e. The maximum absolute atomic E-state index is 11.3. The van der Waals surface area contributed by atoms with Crippen LogP contribution in [-0.2, 0) is 4.79 Å². The molecule has 0 aliphatic rings. The fourth-order valence-electron chi connectivity index (χ4n) is 2.87.